The third-order valence-electron chi connectivity index (χ3n) is 6.55. The summed E-state index contributed by atoms with van der Waals surface area (Å²) < 4.78 is 5.36. The molecule has 2 aliphatic rings. The van der Waals surface area contributed by atoms with Gasteiger partial charge in [0.1, 0.15) is 0 Å². The Kier molecular flexibility index (Phi) is 7.22. The molecule has 7 heteroatoms. The maximum atomic E-state index is 5.36. The number of hydrogen-bond donors (Lipinski definition) is 1. The molecule has 2 atom stereocenters. The van der Waals surface area contributed by atoms with Gasteiger partial charge < -0.3 is 14.7 Å². The molecule has 2 saturated heterocycles. The number of rotatable bonds is 6. The number of nitrogens with zero attached hydrogens (tertiary/aromatic N) is 5. The minimum atomic E-state index is 0.288. The van der Waals surface area contributed by atoms with Crippen molar-refractivity contribution in [3.8, 4) is 0 Å². The van der Waals surface area contributed by atoms with Crippen molar-refractivity contribution in [2.75, 3.05) is 33.2 Å². The molecule has 1 N–H and O–H groups in total. The zero-order valence-corrected chi connectivity index (χ0v) is 19.1. The van der Waals surface area contributed by atoms with Crippen molar-refractivity contribution >= 4 is 5.96 Å². The number of piperidine rings is 2. The summed E-state index contributed by atoms with van der Waals surface area (Å²) in [6.45, 7) is 9.30. The van der Waals surface area contributed by atoms with E-state index in [0.29, 0.717) is 24.3 Å². The van der Waals surface area contributed by atoms with E-state index in [1.165, 1.54) is 31.4 Å². The highest BCUT2D eigenvalue weighted by Crippen LogP contribution is 2.31. The van der Waals surface area contributed by atoms with Crippen LogP contribution in [0.2, 0.25) is 0 Å². The monoisotopic (exact) mass is 424 g/mol. The van der Waals surface area contributed by atoms with Crippen LogP contribution in [0.4, 0.5) is 0 Å². The molecule has 7 nitrogen and oxygen atoms in total. The largest absolute Gasteiger partial charge is 0.356 e. The molecule has 0 aliphatic carbocycles. The fraction of sp³-hybridized carbons (Fsp3) is 0.625. The smallest absolute Gasteiger partial charge is 0.228 e. The molecule has 2 aromatic rings. The highest BCUT2D eigenvalue weighted by atomic mass is 16.5. The molecule has 31 heavy (non-hydrogen) atoms. The second-order valence-corrected chi connectivity index (χ2v) is 9.09. The van der Waals surface area contributed by atoms with Gasteiger partial charge in [-0.2, -0.15) is 4.98 Å². The van der Waals surface area contributed by atoms with Gasteiger partial charge in [0.25, 0.3) is 0 Å². The molecule has 3 heterocycles. The van der Waals surface area contributed by atoms with E-state index in [1.807, 2.05) is 7.05 Å². The Morgan fingerprint density at radius 3 is 2.81 bits per heavy atom. The van der Waals surface area contributed by atoms with Crippen LogP contribution in [-0.2, 0) is 13.0 Å². The number of hydrogen-bond acceptors (Lipinski definition) is 5. The van der Waals surface area contributed by atoms with Gasteiger partial charge in [-0.3, -0.25) is 9.89 Å². The molecule has 0 amide bonds. The van der Waals surface area contributed by atoms with Crippen molar-refractivity contribution in [1.29, 1.82) is 0 Å². The number of nitrogens with one attached hydrogen (secondary N) is 1. The highest BCUT2D eigenvalue weighted by Gasteiger charge is 2.36. The van der Waals surface area contributed by atoms with Gasteiger partial charge in [0.15, 0.2) is 11.8 Å². The molecule has 4 rings (SSSR count). The normalized spacial score (nSPS) is 22.6. The first-order valence-corrected chi connectivity index (χ1v) is 11.7. The minimum absolute atomic E-state index is 0.288. The van der Waals surface area contributed by atoms with Crippen LogP contribution in [0.25, 0.3) is 0 Å². The number of guanidine groups is 1. The zero-order valence-electron chi connectivity index (χ0n) is 19.1. The summed E-state index contributed by atoms with van der Waals surface area (Å²) in [5, 5.41) is 7.55. The van der Waals surface area contributed by atoms with Gasteiger partial charge in [0.2, 0.25) is 5.89 Å². The van der Waals surface area contributed by atoms with E-state index in [9.17, 15) is 0 Å². The summed E-state index contributed by atoms with van der Waals surface area (Å²) in [6, 6.07) is 11.6. The standard InChI is InChI=1S/C24H36N6O/c1-18(2)23-27-22(31-28-23)11-13-26-24(25-3)30-15-12-21-20(17-30)10-7-14-29(21)16-19-8-5-4-6-9-19/h4-6,8-9,18,20-21H,7,10-17H2,1-3H3,(H,25,26). The van der Waals surface area contributed by atoms with Gasteiger partial charge in [-0.1, -0.05) is 49.3 Å². The second-order valence-electron chi connectivity index (χ2n) is 9.09. The van der Waals surface area contributed by atoms with Gasteiger partial charge in [-0.25, -0.2) is 0 Å². The fourth-order valence-electron chi connectivity index (χ4n) is 4.93. The average molecular weight is 425 g/mol. The second kappa shape index (κ2) is 10.3. The lowest BCUT2D eigenvalue weighted by Gasteiger charge is -2.48. The van der Waals surface area contributed by atoms with Crippen LogP contribution >= 0.6 is 0 Å². The van der Waals surface area contributed by atoms with Crippen molar-refractivity contribution in [2.45, 2.75) is 58.0 Å². The van der Waals surface area contributed by atoms with Crippen LogP contribution in [0, 0.1) is 5.92 Å². The molecule has 1 aromatic carbocycles. The Balaban J connectivity index is 1.29. The third kappa shape index (κ3) is 5.45. The molecular weight excluding hydrogens is 388 g/mol. The average Bonchev–Trinajstić information content (AvgIpc) is 3.27. The van der Waals surface area contributed by atoms with Crippen molar-refractivity contribution in [3.63, 3.8) is 0 Å². The first kappa shape index (κ1) is 21.8. The van der Waals surface area contributed by atoms with E-state index >= 15 is 0 Å². The Bertz CT molecular complexity index is 849. The lowest BCUT2D eigenvalue weighted by molar-refractivity contribution is 0.0372. The Morgan fingerprint density at radius 1 is 1.23 bits per heavy atom. The lowest BCUT2D eigenvalue weighted by atomic mass is 9.83. The van der Waals surface area contributed by atoms with Gasteiger partial charge in [0, 0.05) is 51.6 Å². The minimum Gasteiger partial charge on any atom is -0.356 e. The van der Waals surface area contributed by atoms with E-state index < -0.39 is 0 Å². The highest BCUT2D eigenvalue weighted by molar-refractivity contribution is 5.80. The molecule has 2 unspecified atom stereocenters. The molecule has 0 bridgehead atoms. The molecule has 0 spiro atoms. The molecule has 2 aliphatic heterocycles. The molecule has 1 aromatic heterocycles. The number of aliphatic imine (C=N–C) groups is 1. The first-order chi connectivity index (χ1) is 15.1. The SMILES string of the molecule is CN=C(NCCc1nc(C(C)C)no1)N1CCC2C(CCCN2Cc2ccccc2)C1. The predicted molar refractivity (Wildman–Crippen MR) is 123 cm³/mol. The number of aromatic nitrogens is 2. The summed E-state index contributed by atoms with van der Waals surface area (Å²) in [6.07, 6.45) is 4.50. The number of fused-ring (bicyclic) bond motifs is 1. The molecule has 0 saturated carbocycles. The van der Waals surface area contributed by atoms with Crippen LogP contribution in [0.15, 0.2) is 39.8 Å². The van der Waals surface area contributed by atoms with Crippen molar-refractivity contribution < 1.29 is 4.52 Å². The fourth-order valence-corrected chi connectivity index (χ4v) is 4.93. The van der Waals surface area contributed by atoms with Crippen molar-refractivity contribution in [1.82, 2.24) is 25.3 Å². The van der Waals surface area contributed by atoms with Crippen LogP contribution in [0.5, 0.6) is 0 Å². The summed E-state index contributed by atoms with van der Waals surface area (Å²) >= 11 is 0. The predicted octanol–water partition coefficient (Wildman–Crippen LogP) is 3.30. The Hall–Kier alpha value is -2.41. The summed E-state index contributed by atoms with van der Waals surface area (Å²) in [4.78, 5) is 14.2. The third-order valence-corrected chi connectivity index (χ3v) is 6.55. The van der Waals surface area contributed by atoms with E-state index in [-0.39, 0.29) is 5.92 Å². The summed E-state index contributed by atoms with van der Waals surface area (Å²) in [5.41, 5.74) is 1.42. The molecule has 168 valence electrons. The van der Waals surface area contributed by atoms with E-state index in [2.05, 4.69) is 74.4 Å². The Labute approximate surface area is 185 Å². The zero-order chi connectivity index (χ0) is 21.6. The van der Waals surface area contributed by atoms with E-state index in [0.717, 1.165) is 38.0 Å². The molecule has 0 radical (unpaired) electrons. The maximum Gasteiger partial charge on any atom is 0.228 e. The molecular formula is C24H36N6O. The van der Waals surface area contributed by atoms with Gasteiger partial charge in [-0.05, 0) is 37.3 Å². The van der Waals surface area contributed by atoms with E-state index in [4.69, 9.17) is 4.52 Å². The lowest BCUT2D eigenvalue weighted by Crippen LogP contribution is -2.56. The number of likely N-dealkylation sites (tertiary alicyclic amines) is 2. The van der Waals surface area contributed by atoms with Crippen LogP contribution < -0.4 is 5.32 Å². The van der Waals surface area contributed by atoms with Gasteiger partial charge in [0.05, 0.1) is 0 Å². The maximum absolute atomic E-state index is 5.36. The van der Waals surface area contributed by atoms with Crippen LogP contribution in [0.3, 0.4) is 0 Å². The summed E-state index contributed by atoms with van der Waals surface area (Å²) in [7, 11) is 1.88. The van der Waals surface area contributed by atoms with Crippen LogP contribution in [-0.4, -0.2) is 65.2 Å². The molecule has 2 fully saturated rings. The summed E-state index contributed by atoms with van der Waals surface area (Å²) in [5.74, 6) is 3.45. The first-order valence-electron chi connectivity index (χ1n) is 11.7. The van der Waals surface area contributed by atoms with Crippen molar-refractivity contribution in [2.24, 2.45) is 10.9 Å². The topological polar surface area (TPSA) is 69.8 Å². The van der Waals surface area contributed by atoms with E-state index in [1.54, 1.807) is 0 Å². The van der Waals surface area contributed by atoms with Crippen LogP contribution in [0.1, 0.15) is 56.3 Å². The van der Waals surface area contributed by atoms with Crippen molar-refractivity contribution in [3.05, 3.63) is 47.6 Å². The van der Waals surface area contributed by atoms with Gasteiger partial charge >= 0.3 is 0 Å². The quantitative estimate of drug-likeness (QED) is 0.567. The number of benzene rings is 1. The van der Waals surface area contributed by atoms with Gasteiger partial charge in [-0.15, -0.1) is 0 Å². The Morgan fingerprint density at radius 2 is 2.06 bits per heavy atom.